The molecule has 0 aliphatic carbocycles. The van der Waals surface area contributed by atoms with Gasteiger partial charge in [-0.05, 0) is 25.5 Å². The van der Waals surface area contributed by atoms with E-state index in [1.807, 2.05) is 13.0 Å². The van der Waals surface area contributed by atoms with Crippen molar-refractivity contribution in [3.05, 3.63) is 29.6 Å². The lowest BCUT2D eigenvalue weighted by atomic mass is 10.00. The standard InChI is InChI=1S/C15H19N3O3/c1-9-3-4-10(6-17-9)15(20)18-7-11-5-12(14(19)16-2)13(8-18)21-11/h3-4,6,11-13H,5,7-8H2,1-2H3,(H,16,19). The number of ether oxygens (including phenoxy) is 1. The molecule has 0 aromatic carbocycles. The molecule has 1 N–H and O–H groups in total. The molecule has 2 fully saturated rings. The molecule has 21 heavy (non-hydrogen) atoms. The molecule has 0 radical (unpaired) electrons. The molecule has 6 nitrogen and oxygen atoms in total. The average molecular weight is 289 g/mol. The van der Waals surface area contributed by atoms with Gasteiger partial charge in [-0.2, -0.15) is 0 Å². The lowest BCUT2D eigenvalue weighted by molar-refractivity contribution is -0.127. The predicted octanol–water partition coefficient (Wildman–Crippen LogP) is 0.366. The van der Waals surface area contributed by atoms with E-state index in [2.05, 4.69) is 10.3 Å². The zero-order valence-corrected chi connectivity index (χ0v) is 12.2. The van der Waals surface area contributed by atoms with Crippen molar-refractivity contribution < 1.29 is 14.3 Å². The number of carbonyl (C=O) groups excluding carboxylic acids is 2. The van der Waals surface area contributed by atoms with Gasteiger partial charge in [-0.15, -0.1) is 0 Å². The molecule has 2 saturated heterocycles. The Kier molecular flexibility index (Phi) is 3.63. The van der Waals surface area contributed by atoms with Crippen LogP contribution in [0.2, 0.25) is 0 Å². The molecule has 3 unspecified atom stereocenters. The van der Waals surface area contributed by atoms with Gasteiger partial charge in [0.15, 0.2) is 0 Å². The quantitative estimate of drug-likeness (QED) is 0.853. The number of pyridine rings is 1. The second kappa shape index (κ2) is 5.44. The zero-order valence-electron chi connectivity index (χ0n) is 12.2. The Morgan fingerprint density at radius 1 is 1.38 bits per heavy atom. The number of rotatable bonds is 2. The van der Waals surface area contributed by atoms with E-state index in [0.717, 1.165) is 5.69 Å². The maximum absolute atomic E-state index is 12.5. The number of aromatic nitrogens is 1. The molecule has 6 heteroatoms. The largest absolute Gasteiger partial charge is 0.370 e. The minimum atomic E-state index is -0.203. The highest BCUT2D eigenvalue weighted by molar-refractivity contribution is 5.94. The molecule has 1 aromatic rings. The first kappa shape index (κ1) is 14.0. The van der Waals surface area contributed by atoms with Gasteiger partial charge in [0.25, 0.3) is 5.91 Å². The van der Waals surface area contributed by atoms with Gasteiger partial charge in [-0.25, -0.2) is 0 Å². The van der Waals surface area contributed by atoms with Crippen molar-refractivity contribution in [1.82, 2.24) is 15.2 Å². The van der Waals surface area contributed by atoms with E-state index in [4.69, 9.17) is 4.74 Å². The van der Waals surface area contributed by atoms with Crippen LogP contribution in [0.1, 0.15) is 22.5 Å². The van der Waals surface area contributed by atoms with Crippen LogP contribution in [-0.4, -0.2) is 54.0 Å². The molecule has 3 heterocycles. The van der Waals surface area contributed by atoms with Gasteiger partial charge in [0.05, 0.1) is 23.7 Å². The Morgan fingerprint density at radius 2 is 2.19 bits per heavy atom. The first-order valence-electron chi connectivity index (χ1n) is 7.17. The number of morpholine rings is 1. The van der Waals surface area contributed by atoms with Crippen molar-refractivity contribution in [3.63, 3.8) is 0 Å². The molecule has 112 valence electrons. The van der Waals surface area contributed by atoms with Crippen LogP contribution in [0.25, 0.3) is 0 Å². The third kappa shape index (κ3) is 2.63. The summed E-state index contributed by atoms with van der Waals surface area (Å²) in [5.41, 5.74) is 1.46. The van der Waals surface area contributed by atoms with Crippen LogP contribution in [0.4, 0.5) is 0 Å². The van der Waals surface area contributed by atoms with Crippen LogP contribution in [0, 0.1) is 12.8 Å². The Balaban J connectivity index is 1.73. The molecule has 2 aliphatic rings. The summed E-state index contributed by atoms with van der Waals surface area (Å²) in [6.07, 6.45) is 2.03. The van der Waals surface area contributed by atoms with Gasteiger partial charge in [-0.3, -0.25) is 14.6 Å². The normalized spacial score (nSPS) is 27.5. The predicted molar refractivity (Wildman–Crippen MR) is 75.7 cm³/mol. The summed E-state index contributed by atoms with van der Waals surface area (Å²) in [7, 11) is 1.63. The van der Waals surface area contributed by atoms with Crippen molar-refractivity contribution >= 4 is 11.8 Å². The molecular formula is C15H19N3O3. The number of hydrogen-bond acceptors (Lipinski definition) is 4. The number of nitrogens with one attached hydrogen (secondary N) is 1. The van der Waals surface area contributed by atoms with Gasteiger partial charge < -0.3 is 15.0 Å². The van der Waals surface area contributed by atoms with E-state index in [-0.39, 0.29) is 29.9 Å². The fraction of sp³-hybridized carbons (Fsp3) is 0.533. The second-order valence-electron chi connectivity index (χ2n) is 5.65. The summed E-state index contributed by atoms with van der Waals surface area (Å²) in [6, 6.07) is 3.62. The number of hydrogen-bond donors (Lipinski definition) is 1. The van der Waals surface area contributed by atoms with E-state index in [0.29, 0.717) is 25.1 Å². The number of nitrogens with zero attached hydrogens (tertiary/aromatic N) is 2. The summed E-state index contributed by atoms with van der Waals surface area (Å²) in [5, 5.41) is 2.67. The molecule has 2 amide bonds. The lowest BCUT2D eigenvalue weighted by Gasteiger charge is -2.32. The van der Waals surface area contributed by atoms with E-state index in [1.54, 1.807) is 24.2 Å². The van der Waals surface area contributed by atoms with Gasteiger partial charge in [0.2, 0.25) is 5.91 Å². The molecule has 3 rings (SSSR count). The molecule has 0 saturated carbocycles. The summed E-state index contributed by atoms with van der Waals surface area (Å²) in [4.78, 5) is 30.3. The number of fused-ring (bicyclic) bond motifs is 2. The minimum Gasteiger partial charge on any atom is -0.370 e. The maximum atomic E-state index is 12.5. The molecular weight excluding hydrogens is 270 g/mol. The molecule has 2 aliphatic heterocycles. The smallest absolute Gasteiger partial charge is 0.255 e. The second-order valence-corrected chi connectivity index (χ2v) is 5.65. The van der Waals surface area contributed by atoms with E-state index in [9.17, 15) is 9.59 Å². The minimum absolute atomic E-state index is 0.00574. The summed E-state index contributed by atoms with van der Waals surface area (Å²) in [6.45, 7) is 2.88. The van der Waals surface area contributed by atoms with E-state index >= 15 is 0 Å². The van der Waals surface area contributed by atoms with Crippen LogP contribution < -0.4 is 5.32 Å². The number of amides is 2. The summed E-state index contributed by atoms with van der Waals surface area (Å²) >= 11 is 0. The van der Waals surface area contributed by atoms with Crippen molar-refractivity contribution in [2.24, 2.45) is 5.92 Å². The monoisotopic (exact) mass is 289 g/mol. The highest BCUT2D eigenvalue weighted by atomic mass is 16.5. The van der Waals surface area contributed by atoms with Gasteiger partial charge in [0, 0.05) is 32.0 Å². The number of aryl methyl sites for hydroxylation is 1. The van der Waals surface area contributed by atoms with Crippen molar-refractivity contribution in [1.29, 1.82) is 0 Å². The van der Waals surface area contributed by atoms with Crippen LogP contribution in [-0.2, 0) is 9.53 Å². The fourth-order valence-corrected chi connectivity index (χ4v) is 3.06. The van der Waals surface area contributed by atoms with Crippen LogP contribution >= 0.6 is 0 Å². The lowest BCUT2D eigenvalue weighted by Crippen LogP contribution is -2.47. The Hall–Kier alpha value is -1.95. The third-order valence-electron chi connectivity index (χ3n) is 4.19. The maximum Gasteiger partial charge on any atom is 0.255 e. The highest BCUT2D eigenvalue weighted by Gasteiger charge is 2.45. The van der Waals surface area contributed by atoms with Gasteiger partial charge in [-0.1, -0.05) is 0 Å². The Bertz CT molecular complexity index is 558. The average Bonchev–Trinajstić information content (AvgIpc) is 2.80. The first-order chi connectivity index (χ1) is 10.1. The molecule has 0 spiro atoms. The highest BCUT2D eigenvalue weighted by Crippen LogP contribution is 2.32. The summed E-state index contributed by atoms with van der Waals surface area (Å²) in [5.74, 6) is -0.207. The number of likely N-dealkylation sites (tertiary alicyclic amines) is 1. The fourth-order valence-electron chi connectivity index (χ4n) is 3.06. The number of carbonyl (C=O) groups is 2. The Labute approximate surface area is 123 Å². The van der Waals surface area contributed by atoms with Crippen molar-refractivity contribution in [2.45, 2.75) is 25.6 Å². The summed E-state index contributed by atoms with van der Waals surface area (Å²) < 4.78 is 5.80. The SMILES string of the molecule is CNC(=O)C1CC2CN(C(=O)c3ccc(C)nc3)CC1O2. The molecule has 2 bridgehead atoms. The van der Waals surface area contributed by atoms with Gasteiger partial charge >= 0.3 is 0 Å². The Morgan fingerprint density at radius 3 is 2.86 bits per heavy atom. The third-order valence-corrected chi connectivity index (χ3v) is 4.19. The van der Waals surface area contributed by atoms with Crippen LogP contribution in [0.15, 0.2) is 18.3 Å². The van der Waals surface area contributed by atoms with Crippen molar-refractivity contribution in [3.8, 4) is 0 Å². The van der Waals surface area contributed by atoms with E-state index in [1.165, 1.54) is 0 Å². The first-order valence-corrected chi connectivity index (χ1v) is 7.17. The zero-order chi connectivity index (χ0) is 15.0. The van der Waals surface area contributed by atoms with Crippen LogP contribution in [0.5, 0.6) is 0 Å². The topological polar surface area (TPSA) is 71.5 Å². The molecule has 3 atom stereocenters. The van der Waals surface area contributed by atoms with Gasteiger partial charge in [0.1, 0.15) is 0 Å². The van der Waals surface area contributed by atoms with Crippen molar-refractivity contribution in [2.75, 3.05) is 20.1 Å². The van der Waals surface area contributed by atoms with Crippen LogP contribution in [0.3, 0.4) is 0 Å². The molecule has 1 aromatic heterocycles. The van der Waals surface area contributed by atoms with E-state index < -0.39 is 0 Å².